The maximum Gasteiger partial charge on any atom is 0.309 e. The summed E-state index contributed by atoms with van der Waals surface area (Å²) in [5, 5.41) is 34.2. The zero-order valence-corrected chi connectivity index (χ0v) is 23.3. The zero-order valence-electron chi connectivity index (χ0n) is 23.3. The summed E-state index contributed by atoms with van der Waals surface area (Å²) in [5.41, 5.74) is 1.57. The van der Waals surface area contributed by atoms with E-state index in [9.17, 15) is 20.2 Å². The van der Waals surface area contributed by atoms with Crippen molar-refractivity contribution in [1.82, 2.24) is 0 Å². The molecule has 36 heavy (non-hydrogen) atoms. The van der Waals surface area contributed by atoms with Gasteiger partial charge in [0.25, 0.3) is 0 Å². The van der Waals surface area contributed by atoms with E-state index in [1.165, 1.54) is 0 Å². The van der Waals surface area contributed by atoms with Crippen molar-refractivity contribution in [1.29, 1.82) is 0 Å². The molecule has 5 fully saturated rings. The summed E-state index contributed by atoms with van der Waals surface area (Å²) in [5.74, 6) is 1.04. The third-order valence-electron chi connectivity index (χ3n) is 14.0. The van der Waals surface area contributed by atoms with E-state index in [-0.39, 0.29) is 40.1 Å². The summed E-state index contributed by atoms with van der Waals surface area (Å²) < 4.78 is 0. The van der Waals surface area contributed by atoms with Crippen molar-refractivity contribution in [2.45, 2.75) is 105 Å². The molecule has 5 aliphatic carbocycles. The molecule has 0 unspecified atom stereocenters. The highest BCUT2D eigenvalue weighted by Gasteiger charge is 2.72. The van der Waals surface area contributed by atoms with Crippen LogP contribution in [0.4, 0.5) is 0 Å². The van der Waals surface area contributed by atoms with Gasteiger partial charge in [0, 0.05) is 5.41 Å². The van der Waals surface area contributed by atoms with E-state index < -0.39 is 11.4 Å². The monoisotopic (exact) mass is 499 g/mol. The van der Waals surface area contributed by atoms with Gasteiger partial charge in [-0.25, -0.2) is 0 Å². The van der Waals surface area contributed by atoms with Gasteiger partial charge in [0.2, 0.25) is 0 Å². The molecule has 5 heteroatoms. The van der Waals surface area contributed by atoms with Crippen molar-refractivity contribution in [3.05, 3.63) is 12.2 Å². The van der Waals surface area contributed by atoms with Gasteiger partial charge in [-0.15, -0.1) is 0 Å². The molecule has 5 aliphatic rings. The number of aliphatic hydroxyl groups excluding tert-OH is 1. The van der Waals surface area contributed by atoms with Crippen LogP contribution in [0.3, 0.4) is 0 Å². The molecule has 3 N–H and O–H groups in total. The largest absolute Gasteiger partial charge is 0.481 e. The van der Waals surface area contributed by atoms with Crippen LogP contribution in [0.2, 0.25) is 0 Å². The summed E-state index contributed by atoms with van der Waals surface area (Å²) in [4.78, 5) is 12.8. The number of carboxylic acid groups (broad SMARTS) is 1. The van der Waals surface area contributed by atoms with Gasteiger partial charge >= 0.3 is 5.97 Å². The van der Waals surface area contributed by atoms with E-state index in [2.05, 4.69) is 46.4 Å². The zero-order chi connectivity index (χ0) is 26.3. The fourth-order valence-electron chi connectivity index (χ4n) is 11.8. The average Bonchev–Trinajstić information content (AvgIpc) is 3.25. The summed E-state index contributed by atoms with van der Waals surface area (Å²) in [7, 11) is 0. The Morgan fingerprint density at radius 3 is 2.31 bits per heavy atom. The SMILES string of the molecule is C=C(CO)[C@@H]1CC[C@]2(C(=O)O)CC[C@]3(C)[C@H](CC[C@@H]4[C@@]5(C)CC/C(=N/O)[C@@](C)(CC)[C@@H]5CC[C@]43C)[C@@H]12. The quantitative estimate of drug-likeness (QED) is 0.222. The molecule has 0 saturated heterocycles. The van der Waals surface area contributed by atoms with E-state index in [1.54, 1.807) is 0 Å². The van der Waals surface area contributed by atoms with Crippen molar-refractivity contribution in [3.63, 3.8) is 0 Å². The number of carbonyl (C=O) groups is 1. The Kier molecular flexibility index (Phi) is 6.07. The van der Waals surface area contributed by atoms with Gasteiger partial charge in [-0.2, -0.15) is 0 Å². The average molecular weight is 500 g/mol. The maximum absolute atomic E-state index is 12.8. The standard InChI is InChI=1S/C31H49NO4/c1-7-27(3)22-11-14-30(6)23(28(22,4)13-12-24(27)32-36)9-8-21-25-20(19(2)18-33)10-15-31(25,26(34)35)17-16-29(21,30)5/h20-23,25,33,36H,2,7-18H2,1,3-6H3,(H,34,35)/b32-24-/t20-,21+,22-,23+,25+,27-,28-,29+,30+,31-/m0/s1. The highest BCUT2D eigenvalue weighted by Crippen LogP contribution is 2.77. The van der Waals surface area contributed by atoms with Crippen LogP contribution in [0.5, 0.6) is 0 Å². The van der Waals surface area contributed by atoms with Crippen LogP contribution in [0, 0.1) is 56.7 Å². The Balaban J connectivity index is 1.56. The minimum Gasteiger partial charge on any atom is -0.481 e. The summed E-state index contributed by atoms with van der Waals surface area (Å²) in [6.07, 6.45) is 10.8. The van der Waals surface area contributed by atoms with Crippen LogP contribution in [0.15, 0.2) is 17.3 Å². The first kappa shape index (κ1) is 26.3. The number of hydrogen-bond acceptors (Lipinski definition) is 4. The fourth-order valence-corrected chi connectivity index (χ4v) is 11.8. The van der Waals surface area contributed by atoms with Gasteiger partial charge in [-0.1, -0.05) is 46.4 Å². The van der Waals surface area contributed by atoms with Gasteiger partial charge in [0.15, 0.2) is 0 Å². The van der Waals surface area contributed by atoms with E-state index in [0.717, 1.165) is 81.9 Å². The highest BCUT2D eigenvalue weighted by atomic mass is 16.4. The normalized spacial score (nSPS) is 53.2. The number of aliphatic carboxylic acids is 1. The number of rotatable bonds is 4. The lowest BCUT2D eigenvalue weighted by Gasteiger charge is -2.72. The first-order valence-electron chi connectivity index (χ1n) is 14.6. The van der Waals surface area contributed by atoms with Gasteiger partial charge in [0.05, 0.1) is 17.7 Å². The van der Waals surface area contributed by atoms with Crippen LogP contribution in [0.1, 0.15) is 105 Å². The van der Waals surface area contributed by atoms with Crippen LogP contribution < -0.4 is 0 Å². The minimum atomic E-state index is -0.657. The van der Waals surface area contributed by atoms with Crippen molar-refractivity contribution in [3.8, 4) is 0 Å². The second-order valence-corrected chi connectivity index (χ2v) is 14.4. The lowest BCUT2D eigenvalue weighted by atomic mass is 9.32. The second-order valence-electron chi connectivity index (χ2n) is 14.4. The molecule has 0 amide bonds. The number of hydrogen-bond donors (Lipinski definition) is 3. The van der Waals surface area contributed by atoms with Gasteiger partial charge < -0.3 is 15.4 Å². The minimum absolute atomic E-state index is 0.0374. The summed E-state index contributed by atoms with van der Waals surface area (Å²) in [6.45, 7) is 16.4. The van der Waals surface area contributed by atoms with Crippen LogP contribution in [0.25, 0.3) is 0 Å². The number of carboxylic acids is 1. The third-order valence-corrected chi connectivity index (χ3v) is 14.0. The van der Waals surface area contributed by atoms with E-state index >= 15 is 0 Å². The lowest BCUT2D eigenvalue weighted by molar-refractivity contribution is -0.231. The van der Waals surface area contributed by atoms with E-state index in [0.29, 0.717) is 17.8 Å². The first-order chi connectivity index (χ1) is 16.9. The fraction of sp³-hybridized carbons (Fsp3) is 0.871. The molecule has 0 bridgehead atoms. The Hall–Kier alpha value is -1.36. The van der Waals surface area contributed by atoms with Crippen LogP contribution in [-0.4, -0.2) is 33.7 Å². The molecular weight excluding hydrogens is 450 g/mol. The molecule has 5 rings (SSSR count). The Morgan fingerprint density at radius 1 is 0.972 bits per heavy atom. The molecule has 0 aromatic carbocycles. The molecule has 202 valence electrons. The molecule has 0 heterocycles. The molecular formula is C31H49NO4. The highest BCUT2D eigenvalue weighted by molar-refractivity contribution is 5.90. The van der Waals surface area contributed by atoms with Gasteiger partial charge in [-0.3, -0.25) is 4.79 Å². The molecule has 0 aromatic heterocycles. The first-order valence-corrected chi connectivity index (χ1v) is 14.6. The summed E-state index contributed by atoms with van der Waals surface area (Å²) in [6, 6.07) is 0. The molecule has 0 aliphatic heterocycles. The van der Waals surface area contributed by atoms with E-state index in [1.807, 2.05) is 0 Å². The van der Waals surface area contributed by atoms with Crippen molar-refractivity contribution in [2.75, 3.05) is 6.61 Å². The van der Waals surface area contributed by atoms with Gasteiger partial charge in [0.1, 0.15) is 0 Å². The lowest BCUT2D eigenvalue weighted by Crippen LogP contribution is -2.67. The topological polar surface area (TPSA) is 90.1 Å². The molecule has 0 aromatic rings. The number of fused-ring (bicyclic) bond motifs is 7. The van der Waals surface area contributed by atoms with Crippen molar-refractivity contribution in [2.24, 2.45) is 61.8 Å². The molecule has 0 spiro atoms. The predicted octanol–water partition coefficient (Wildman–Crippen LogP) is 6.92. The van der Waals surface area contributed by atoms with Crippen LogP contribution in [-0.2, 0) is 4.79 Å². The Labute approximate surface area is 217 Å². The van der Waals surface area contributed by atoms with Crippen molar-refractivity contribution >= 4 is 11.7 Å². The summed E-state index contributed by atoms with van der Waals surface area (Å²) >= 11 is 0. The molecule has 0 radical (unpaired) electrons. The second kappa shape index (κ2) is 8.32. The van der Waals surface area contributed by atoms with Crippen molar-refractivity contribution < 1.29 is 20.2 Å². The number of oxime groups is 1. The molecule has 5 nitrogen and oxygen atoms in total. The smallest absolute Gasteiger partial charge is 0.309 e. The Bertz CT molecular complexity index is 976. The molecule has 10 atom stereocenters. The number of nitrogens with zero attached hydrogens (tertiary/aromatic N) is 1. The maximum atomic E-state index is 12.8. The van der Waals surface area contributed by atoms with Crippen LogP contribution >= 0.6 is 0 Å². The predicted molar refractivity (Wildman–Crippen MR) is 142 cm³/mol. The number of aliphatic hydroxyl groups is 1. The molecule has 5 saturated carbocycles. The van der Waals surface area contributed by atoms with E-state index in [4.69, 9.17) is 0 Å². The Morgan fingerprint density at radius 2 is 1.69 bits per heavy atom. The third kappa shape index (κ3) is 2.98. The van der Waals surface area contributed by atoms with Gasteiger partial charge in [-0.05, 0) is 122 Å².